The van der Waals surface area contributed by atoms with Crippen molar-refractivity contribution in [2.24, 2.45) is 17.8 Å². The van der Waals surface area contributed by atoms with Crippen molar-refractivity contribution in [3.05, 3.63) is 21.4 Å². The maximum atomic E-state index is 10.5. The van der Waals surface area contributed by atoms with Crippen LogP contribution >= 0.6 is 11.3 Å². The highest BCUT2D eigenvalue weighted by molar-refractivity contribution is 7.14. The van der Waals surface area contributed by atoms with Crippen molar-refractivity contribution in [3.8, 4) is 0 Å². The Morgan fingerprint density at radius 1 is 1.35 bits per heavy atom. The van der Waals surface area contributed by atoms with Crippen LogP contribution in [-0.2, 0) is 0 Å². The Morgan fingerprint density at radius 2 is 2.06 bits per heavy atom. The van der Waals surface area contributed by atoms with Crippen LogP contribution in [0.3, 0.4) is 0 Å². The lowest BCUT2D eigenvalue weighted by atomic mass is 9.73. The molecule has 0 amide bonds. The summed E-state index contributed by atoms with van der Waals surface area (Å²) in [4.78, 5) is 13.0. The van der Waals surface area contributed by atoms with Crippen LogP contribution < -0.4 is 0 Å². The summed E-state index contributed by atoms with van der Waals surface area (Å²) in [5.74, 6) is 3.22. The monoisotopic (exact) mass is 249 g/mol. The fraction of sp³-hybridized carbons (Fsp3) is 0.667. The fourth-order valence-corrected chi connectivity index (χ4v) is 4.31. The van der Waals surface area contributed by atoms with Crippen molar-refractivity contribution in [1.29, 1.82) is 0 Å². The van der Waals surface area contributed by atoms with Gasteiger partial charge in [0.05, 0.1) is 5.92 Å². The van der Waals surface area contributed by atoms with E-state index in [0.717, 1.165) is 18.3 Å². The van der Waals surface area contributed by atoms with Crippen molar-refractivity contribution in [2.75, 3.05) is 0 Å². The summed E-state index contributed by atoms with van der Waals surface area (Å²) in [6.07, 6.45) is 3.95. The molecule has 0 aromatic carbocycles. The van der Waals surface area contributed by atoms with Crippen LogP contribution in [0, 0.1) is 24.7 Å². The van der Waals surface area contributed by atoms with Gasteiger partial charge in [0.1, 0.15) is 4.88 Å². The molecule has 1 nitrogen and oxygen atoms in total. The Bertz CT molecular complexity index is 453. The van der Waals surface area contributed by atoms with E-state index in [1.54, 1.807) is 11.3 Å². The second-order valence-corrected chi connectivity index (χ2v) is 7.31. The van der Waals surface area contributed by atoms with Crippen molar-refractivity contribution < 1.29 is 4.79 Å². The molecule has 0 bridgehead atoms. The van der Waals surface area contributed by atoms with Gasteiger partial charge in [0.25, 0.3) is 0 Å². The number of hydrogen-bond acceptors (Lipinski definition) is 1. The molecule has 92 valence electrons. The number of fused-ring (bicyclic) bond motifs is 1. The standard InChI is InChI=1S/C15H20OS/c1-8(2)11-7-12(10-4-5-10)13-6-9(3)17-15(13)14(11)16/h6,8,10-12H,4-5,7H2,1-3H3/p+1/t11-,12?/m1/s1. The molecule has 2 atom stereocenters. The largest absolute Gasteiger partial charge is 0.337 e. The number of ketones is 1. The molecule has 2 heteroatoms. The van der Waals surface area contributed by atoms with Gasteiger partial charge in [-0.25, -0.2) is 0 Å². The van der Waals surface area contributed by atoms with E-state index in [2.05, 4.69) is 26.8 Å². The van der Waals surface area contributed by atoms with Crippen LogP contribution in [-0.4, -0.2) is 10.6 Å². The third-order valence-electron chi connectivity index (χ3n) is 4.37. The zero-order valence-corrected chi connectivity index (χ0v) is 11.7. The van der Waals surface area contributed by atoms with Gasteiger partial charge in [-0.3, -0.25) is 4.79 Å². The molecule has 2 aliphatic carbocycles. The minimum absolute atomic E-state index is 0.381. The lowest BCUT2D eigenvalue weighted by molar-refractivity contribution is 0.375. The van der Waals surface area contributed by atoms with Crippen LogP contribution in [0.1, 0.15) is 54.3 Å². The molecule has 17 heavy (non-hydrogen) atoms. The third kappa shape index (κ3) is 1.87. The van der Waals surface area contributed by atoms with E-state index >= 15 is 0 Å². The second kappa shape index (κ2) is 3.94. The Hall–Kier alpha value is -0.630. The molecule has 1 aromatic rings. The zero-order valence-electron chi connectivity index (χ0n) is 10.9. The number of aryl methyl sites for hydroxylation is 1. The van der Waals surface area contributed by atoms with Gasteiger partial charge >= 0.3 is 5.78 Å². The molecule has 1 fully saturated rings. The Labute approximate surface area is 107 Å². The van der Waals surface area contributed by atoms with Gasteiger partial charge in [-0.1, -0.05) is 13.8 Å². The van der Waals surface area contributed by atoms with E-state index in [9.17, 15) is 4.79 Å². The Balaban J connectivity index is 2.03. The van der Waals surface area contributed by atoms with Crippen LogP contribution in [0.5, 0.6) is 0 Å². The molecule has 1 saturated carbocycles. The second-order valence-electron chi connectivity index (χ2n) is 6.06. The van der Waals surface area contributed by atoms with Crippen LogP contribution in [0.25, 0.3) is 0 Å². The zero-order chi connectivity index (χ0) is 12.2. The van der Waals surface area contributed by atoms with Gasteiger partial charge in [-0.2, -0.15) is 0 Å². The number of rotatable bonds is 2. The molecular formula is C15H21OS+. The van der Waals surface area contributed by atoms with E-state index in [1.807, 2.05) is 0 Å². The summed E-state index contributed by atoms with van der Waals surface area (Å²) < 4.78 is 0. The van der Waals surface area contributed by atoms with Gasteiger partial charge in [0.15, 0.2) is 0 Å². The lowest BCUT2D eigenvalue weighted by Gasteiger charge is -2.27. The molecule has 0 saturated heterocycles. The van der Waals surface area contributed by atoms with E-state index in [4.69, 9.17) is 0 Å². The van der Waals surface area contributed by atoms with E-state index < -0.39 is 0 Å². The first kappa shape index (κ1) is 11.5. The highest BCUT2D eigenvalue weighted by Crippen LogP contribution is 2.52. The van der Waals surface area contributed by atoms with Crippen LogP contribution in [0.4, 0.5) is 0 Å². The number of carbonyl (C=O) groups excluding carboxylic acids is 1. The first-order valence-corrected chi connectivity index (χ1v) is 7.56. The van der Waals surface area contributed by atoms with Crippen molar-refractivity contribution >= 4 is 17.1 Å². The highest BCUT2D eigenvalue weighted by atomic mass is 32.1. The summed E-state index contributed by atoms with van der Waals surface area (Å²) in [7, 11) is 0. The molecule has 1 N–H and O–H groups in total. The van der Waals surface area contributed by atoms with Gasteiger partial charge in [-0.05, 0) is 55.6 Å². The van der Waals surface area contributed by atoms with Crippen molar-refractivity contribution in [2.45, 2.75) is 46.0 Å². The maximum Gasteiger partial charge on any atom is 0.337 e. The SMILES string of the molecule is Cc1cc2c(s1)C(=[OH+])[C@@H](C(C)C)CC2C1CC1. The molecule has 1 aromatic heterocycles. The average molecular weight is 249 g/mol. The van der Waals surface area contributed by atoms with Crippen molar-refractivity contribution in [3.63, 3.8) is 0 Å². The Morgan fingerprint density at radius 3 is 2.65 bits per heavy atom. The lowest BCUT2D eigenvalue weighted by Crippen LogP contribution is -2.29. The quantitative estimate of drug-likeness (QED) is 0.703. The minimum Gasteiger partial charge on any atom is -0.277 e. The smallest absolute Gasteiger partial charge is 0.277 e. The predicted octanol–water partition coefficient (Wildman–Crippen LogP) is 4.12. The molecule has 0 radical (unpaired) electrons. The number of thiophene rings is 1. The van der Waals surface area contributed by atoms with E-state index in [0.29, 0.717) is 17.6 Å². The van der Waals surface area contributed by atoms with E-state index in [-0.39, 0.29) is 0 Å². The average Bonchev–Trinajstić information content (AvgIpc) is 3.01. The predicted molar refractivity (Wildman–Crippen MR) is 73.5 cm³/mol. The molecule has 1 heterocycles. The third-order valence-corrected chi connectivity index (χ3v) is 5.46. The summed E-state index contributed by atoms with van der Waals surface area (Å²) in [6, 6.07) is 2.32. The van der Waals surface area contributed by atoms with Gasteiger partial charge in [-0.15, -0.1) is 11.3 Å². The normalized spacial score (nSPS) is 28.6. The van der Waals surface area contributed by atoms with Gasteiger partial charge in [0, 0.05) is 4.88 Å². The summed E-state index contributed by atoms with van der Waals surface area (Å²) >= 11 is 1.78. The summed E-state index contributed by atoms with van der Waals surface area (Å²) in [6.45, 7) is 6.62. The van der Waals surface area contributed by atoms with Gasteiger partial charge in [0.2, 0.25) is 0 Å². The molecular weight excluding hydrogens is 228 g/mol. The summed E-state index contributed by atoms with van der Waals surface area (Å²) in [5.41, 5.74) is 1.45. The minimum atomic E-state index is 0.381. The molecule has 2 aliphatic rings. The number of hydrogen-bond donors (Lipinski definition) is 0. The molecule has 0 aliphatic heterocycles. The Kier molecular flexibility index (Phi) is 2.66. The maximum absolute atomic E-state index is 10.5. The van der Waals surface area contributed by atoms with Gasteiger partial charge < -0.3 is 0 Å². The first-order chi connectivity index (χ1) is 8.08. The first-order valence-electron chi connectivity index (χ1n) is 6.74. The van der Waals surface area contributed by atoms with Crippen molar-refractivity contribution in [1.82, 2.24) is 0 Å². The molecule has 3 rings (SSSR count). The van der Waals surface area contributed by atoms with E-state index in [1.165, 1.54) is 28.2 Å². The topological polar surface area (TPSA) is 21.4 Å². The van der Waals surface area contributed by atoms with Crippen LogP contribution in [0.2, 0.25) is 0 Å². The molecule has 0 spiro atoms. The van der Waals surface area contributed by atoms with Crippen LogP contribution in [0.15, 0.2) is 6.07 Å². The summed E-state index contributed by atoms with van der Waals surface area (Å²) in [5, 5.41) is 0. The molecule has 1 unspecified atom stereocenters. The fourth-order valence-electron chi connectivity index (χ4n) is 3.22. The highest BCUT2D eigenvalue weighted by Gasteiger charge is 2.45.